The Morgan fingerprint density at radius 2 is 2.03 bits per heavy atom. The number of rotatable bonds is 4. The highest BCUT2D eigenvalue weighted by atomic mass is 19.3. The number of pyridine rings is 1. The maximum atomic E-state index is 15.0. The maximum absolute atomic E-state index is 15.0. The molecule has 3 N–H and O–H groups in total. The highest BCUT2D eigenvalue weighted by molar-refractivity contribution is 6.03. The first-order valence-electron chi connectivity index (χ1n) is 10.7. The molecule has 9 nitrogen and oxygen atoms in total. The van der Waals surface area contributed by atoms with Crippen LogP contribution >= 0.6 is 0 Å². The fourth-order valence-corrected chi connectivity index (χ4v) is 4.53. The number of amides is 1. The van der Waals surface area contributed by atoms with Gasteiger partial charge in [0.05, 0.1) is 24.8 Å². The van der Waals surface area contributed by atoms with Crippen LogP contribution in [0.2, 0.25) is 0 Å². The summed E-state index contributed by atoms with van der Waals surface area (Å²) in [6, 6.07) is 2.37. The van der Waals surface area contributed by atoms with E-state index in [9.17, 15) is 22.4 Å². The van der Waals surface area contributed by atoms with Crippen LogP contribution in [0.4, 0.5) is 27.6 Å². The van der Waals surface area contributed by atoms with Crippen LogP contribution in [-0.2, 0) is 15.0 Å². The molecule has 1 aromatic heterocycles. The van der Waals surface area contributed by atoms with Crippen LogP contribution in [-0.4, -0.2) is 55.1 Å². The molecule has 4 heterocycles. The van der Waals surface area contributed by atoms with Crippen molar-refractivity contribution in [3.63, 3.8) is 0 Å². The minimum absolute atomic E-state index is 0.0512. The monoisotopic (exact) mass is 514 g/mol. The van der Waals surface area contributed by atoms with Crippen LogP contribution in [0.1, 0.15) is 23.0 Å². The number of hydrogen-bond acceptors (Lipinski definition) is 8. The summed E-state index contributed by atoms with van der Waals surface area (Å²) in [5.41, 5.74) is 2.75. The third-order valence-corrected chi connectivity index (χ3v) is 6.25. The molecule has 1 amide bonds. The molecule has 1 saturated heterocycles. The Morgan fingerprint density at radius 1 is 1.25 bits per heavy atom. The molecule has 14 heteroatoms. The second kappa shape index (κ2) is 8.47. The van der Waals surface area contributed by atoms with Crippen molar-refractivity contribution in [2.45, 2.75) is 30.8 Å². The zero-order chi connectivity index (χ0) is 25.8. The topological polar surface area (TPSA) is 117 Å². The molecule has 0 unspecified atom stereocenters. The van der Waals surface area contributed by atoms with Gasteiger partial charge in [0.15, 0.2) is 29.7 Å². The first-order chi connectivity index (χ1) is 17.0. The molecule has 0 aliphatic carbocycles. The van der Waals surface area contributed by atoms with Gasteiger partial charge < -0.3 is 30.0 Å². The number of alkyl halides is 3. The first kappa shape index (κ1) is 24.0. The van der Waals surface area contributed by atoms with Gasteiger partial charge in [-0.15, -0.1) is 0 Å². The van der Waals surface area contributed by atoms with Crippen molar-refractivity contribution in [3.8, 4) is 11.5 Å². The molecule has 1 fully saturated rings. The number of carbonyl (C=O) groups excluding carboxylic acids is 1. The van der Waals surface area contributed by atoms with Crippen LogP contribution in [0, 0.1) is 17.6 Å². The van der Waals surface area contributed by atoms with Gasteiger partial charge in [0.1, 0.15) is 24.0 Å². The number of nitrogens with zero attached hydrogens (tertiary/aromatic N) is 2. The van der Waals surface area contributed by atoms with E-state index < -0.39 is 72.2 Å². The molecular weight excluding hydrogens is 495 g/mol. The molecule has 0 bridgehead atoms. The zero-order valence-electron chi connectivity index (χ0n) is 18.6. The van der Waals surface area contributed by atoms with Crippen LogP contribution in [0.3, 0.4) is 0 Å². The normalized spacial score (nSPS) is 28.1. The number of hydrogen-bond donors (Lipinski definition) is 2. The number of nitrogens with one attached hydrogen (secondary N) is 1. The smallest absolute Gasteiger partial charge is 0.433 e. The summed E-state index contributed by atoms with van der Waals surface area (Å²) in [6.07, 6.45) is -3.95. The minimum atomic E-state index is -3.55. The number of ether oxygens (including phenoxy) is 4. The standard InChI is InChI=1S/C22H19F5N4O5/c1-9-18-12(6-33-9)21(7-23,31-20(28)35-18)11-2-10(3-13(24)17(11)25)30-19(32)14-4-15-16(5-29-14)36-22(26,27)8-34-15/h2-5,9,12,18H,6-8H2,1H3,(H2,28,31)(H,30,32)/t9-,12+,18-,21-/m1/s1. The number of fused-ring (bicyclic) bond motifs is 2. The van der Waals surface area contributed by atoms with Crippen molar-refractivity contribution in [2.24, 2.45) is 16.6 Å². The molecule has 0 radical (unpaired) electrons. The summed E-state index contributed by atoms with van der Waals surface area (Å²) in [5, 5.41) is 2.33. The number of anilines is 1. The Morgan fingerprint density at radius 3 is 2.78 bits per heavy atom. The van der Waals surface area contributed by atoms with Crippen molar-refractivity contribution < 1.29 is 45.7 Å². The summed E-state index contributed by atoms with van der Waals surface area (Å²) < 4.78 is 91.2. The number of benzene rings is 1. The molecule has 0 spiro atoms. The van der Waals surface area contributed by atoms with Crippen molar-refractivity contribution in [3.05, 3.63) is 47.3 Å². The van der Waals surface area contributed by atoms with Gasteiger partial charge in [-0.25, -0.2) is 23.1 Å². The van der Waals surface area contributed by atoms with Gasteiger partial charge in [0, 0.05) is 23.4 Å². The van der Waals surface area contributed by atoms with Crippen molar-refractivity contribution in [1.82, 2.24) is 4.98 Å². The van der Waals surface area contributed by atoms with E-state index in [-0.39, 0.29) is 29.5 Å². The highest BCUT2D eigenvalue weighted by Gasteiger charge is 2.56. The predicted molar refractivity (Wildman–Crippen MR) is 113 cm³/mol. The minimum Gasteiger partial charge on any atom is -0.479 e. The molecule has 5 rings (SSSR count). The van der Waals surface area contributed by atoms with E-state index in [1.54, 1.807) is 6.92 Å². The number of aliphatic imine (C=N–C) groups is 1. The predicted octanol–water partition coefficient (Wildman–Crippen LogP) is 2.89. The lowest BCUT2D eigenvalue weighted by Crippen LogP contribution is -2.51. The summed E-state index contributed by atoms with van der Waals surface area (Å²) in [7, 11) is 0. The molecule has 36 heavy (non-hydrogen) atoms. The molecule has 1 aromatic carbocycles. The van der Waals surface area contributed by atoms with Gasteiger partial charge in [-0.05, 0) is 13.0 Å². The average Bonchev–Trinajstić information content (AvgIpc) is 3.20. The van der Waals surface area contributed by atoms with E-state index in [1.807, 2.05) is 0 Å². The second-order valence-electron chi connectivity index (χ2n) is 8.55. The second-order valence-corrected chi connectivity index (χ2v) is 8.55. The Balaban J connectivity index is 1.48. The van der Waals surface area contributed by atoms with Gasteiger partial charge in [-0.2, -0.15) is 8.78 Å². The fraction of sp³-hybridized carbons (Fsp3) is 0.409. The van der Waals surface area contributed by atoms with Gasteiger partial charge in [-0.3, -0.25) is 4.79 Å². The van der Waals surface area contributed by atoms with Crippen LogP contribution < -0.4 is 20.5 Å². The highest BCUT2D eigenvalue weighted by Crippen LogP contribution is 2.46. The number of carbonyl (C=O) groups is 1. The van der Waals surface area contributed by atoms with Crippen LogP contribution in [0.5, 0.6) is 11.5 Å². The number of halogens is 5. The van der Waals surface area contributed by atoms with E-state index in [1.165, 1.54) is 0 Å². The Kier molecular flexibility index (Phi) is 5.65. The number of nitrogens with two attached hydrogens (primary N) is 1. The van der Waals surface area contributed by atoms with E-state index in [0.717, 1.165) is 18.3 Å². The van der Waals surface area contributed by atoms with E-state index in [4.69, 9.17) is 19.9 Å². The van der Waals surface area contributed by atoms with Crippen LogP contribution in [0.25, 0.3) is 0 Å². The largest absolute Gasteiger partial charge is 0.479 e. The average molecular weight is 514 g/mol. The van der Waals surface area contributed by atoms with E-state index >= 15 is 4.39 Å². The SMILES string of the molecule is C[C@H]1OC[C@H]2[C@@H]1OC(N)=N[C@]2(CF)c1cc(NC(=O)c2cc3c(cn2)OC(F)(F)CO3)cc(F)c1F. The first-order valence-corrected chi connectivity index (χ1v) is 10.7. The number of amidine groups is 1. The Bertz CT molecular complexity index is 1260. The lowest BCUT2D eigenvalue weighted by molar-refractivity contribution is -0.209. The quantitative estimate of drug-likeness (QED) is 0.603. The van der Waals surface area contributed by atoms with E-state index in [2.05, 4.69) is 20.0 Å². The molecule has 3 aliphatic rings. The molecular formula is C22H19F5N4O5. The fourth-order valence-electron chi connectivity index (χ4n) is 4.53. The van der Waals surface area contributed by atoms with Crippen LogP contribution in [0.15, 0.2) is 29.4 Å². The lowest BCUT2D eigenvalue weighted by atomic mass is 9.75. The summed E-state index contributed by atoms with van der Waals surface area (Å²) in [6.45, 7) is -0.706. The Labute approximate surface area is 200 Å². The summed E-state index contributed by atoms with van der Waals surface area (Å²) in [4.78, 5) is 20.5. The summed E-state index contributed by atoms with van der Waals surface area (Å²) in [5.74, 6) is -5.02. The van der Waals surface area contributed by atoms with Gasteiger partial charge in [0.2, 0.25) is 0 Å². The molecule has 0 saturated carbocycles. The Hall–Kier alpha value is -3.68. The van der Waals surface area contributed by atoms with Gasteiger partial charge >= 0.3 is 6.11 Å². The summed E-state index contributed by atoms with van der Waals surface area (Å²) >= 11 is 0. The van der Waals surface area contributed by atoms with E-state index in [0.29, 0.717) is 6.07 Å². The molecule has 4 atom stereocenters. The van der Waals surface area contributed by atoms with Crippen molar-refractivity contribution in [2.75, 3.05) is 25.2 Å². The van der Waals surface area contributed by atoms with Crippen molar-refractivity contribution >= 4 is 17.6 Å². The molecule has 2 aromatic rings. The lowest BCUT2D eigenvalue weighted by Gasteiger charge is -2.40. The third-order valence-electron chi connectivity index (χ3n) is 6.25. The maximum Gasteiger partial charge on any atom is 0.433 e. The van der Waals surface area contributed by atoms with Crippen molar-refractivity contribution in [1.29, 1.82) is 0 Å². The zero-order valence-corrected chi connectivity index (χ0v) is 18.6. The molecule has 3 aliphatic heterocycles. The van der Waals surface area contributed by atoms with Gasteiger partial charge in [-0.1, -0.05) is 0 Å². The molecule has 192 valence electrons. The third kappa shape index (κ3) is 3.94. The number of aromatic nitrogens is 1. The van der Waals surface area contributed by atoms with Gasteiger partial charge in [0.25, 0.3) is 11.9 Å².